The van der Waals surface area contributed by atoms with E-state index in [0.717, 1.165) is 13.8 Å². The van der Waals surface area contributed by atoms with Crippen LogP contribution in [0.1, 0.15) is 22.3 Å². The number of hydrogen-bond acceptors (Lipinski definition) is 2. The van der Waals surface area contributed by atoms with Gasteiger partial charge in [-0.05, 0) is 37.1 Å². The van der Waals surface area contributed by atoms with Crippen molar-refractivity contribution in [1.82, 2.24) is 0 Å². The van der Waals surface area contributed by atoms with Gasteiger partial charge in [-0.15, -0.1) is 0 Å². The summed E-state index contributed by atoms with van der Waals surface area (Å²) >= 11 is 0. The molecule has 0 atom stereocenters. The third kappa shape index (κ3) is 3.49. The summed E-state index contributed by atoms with van der Waals surface area (Å²) in [7, 11) is 0. The van der Waals surface area contributed by atoms with Crippen molar-refractivity contribution in [1.29, 1.82) is 0 Å². The fraction of sp³-hybridized carbons (Fsp3) is 0.500. The molecule has 10 heteroatoms. The Balaban J connectivity index is 3.41. The number of benzene rings is 1. The van der Waals surface area contributed by atoms with Crippen LogP contribution < -0.4 is 0 Å². The molecule has 126 valence electrons. The van der Waals surface area contributed by atoms with Gasteiger partial charge in [0, 0.05) is 5.56 Å². The van der Waals surface area contributed by atoms with Crippen LogP contribution in [0.25, 0.3) is 0 Å². The maximum atomic E-state index is 13.4. The van der Waals surface area contributed by atoms with Gasteiger partial charge in [-0.2, -0.15) is 35.1 Å². The van der Waals surface area contributed by atoms with Gasteiger partial charge in [-0.1, -0.05) is 0 Å². The number of rotatable bonds is 5. The Morgan fingerprint density at radius 3 is 1.73 bits per heavy atom. The Bertz CT molecular complexity index is 551. The molecular formula is C12H10F8O2. The molecule has 0 bridgehead atoms. The Morgan fingerprint density at radius 2 is 1.32 bits per heavy atom. The molecule has 0 aliphatic rings. The number of halogens is 8. The second-order valence-electron chi connectivity index (χ2n) is 4.49. The standard InChI is InChI=1S/C12H10F8O2/c1-5-4-8(11(17,18)22-9(13)14)6(2)3-7(5)10(15,16)12(19,20)21/h3-4,9,21H,1-2H3. The summed E-state index contributed by atoms with van der Waals surface area (Å²) in [5, 5.41) is 8.21. The maximum absolute atomic E-state index is 13.4. The Hall–Kier alpha value is -1.42. The largest absolute Gasteiger partial charge is 0.421 e. The predicted octanol–water partition coefficient (Wildman–Crippen LogP) is 4.27. The monoisotopic (exact) mass is 338 g/mol. The first-order valence-electron chi connectivity index (χ1n) is 5.64. The zero-order chi connectivity index (χ0) is 17.5. The third-order valence-corrected chi connectivity index (χ3v) is 2.84. The number of hydrogen-bond donors (Lipinski definition) is 1. The van der Waals surface area contributed by atoms with Crippen LogP contribution in [0.3, 0.4) is 0 Å². The molecule has 0 heterocycles. The summed E-state index contributed by atoms with van der Waals surface area (Å²) in [5.74, 6) is -5.04. The first-order chi connectivity index (χ1) is 9.70. The van der Waals surface area contributed by atoms with Crippen molar-refractivity contribution < 1.29 is 45.0 Å². The van der Waals surface area contributed by atoms with E-state index >= 15 is 0 Å². The average molecular weight is 338 g/mol. The van der Waals surface area contributed by atoms with Crippen molar-refractivity contribution in [3.63, 3.8) is 0 Å². The minimum atomic E-state index is -5.42. The summed E-state index contributed by atoms with van der Waals surface area (Å²) < 4.78 is 106. The van der Waals surface area contributed by atoms with E-state index in [2.05, 4.69) is 4.74 Å². The molecule has 0 amide bonds. The molecule has 0 radical (unpaired) electrons. The van der Waals surface area contributed by atoms with Gasteiger partial charge in [0.2, 0.25) is 0 Å². The molecule has 1 rings (SSSR count). The van der Waals surface area contributed by atoms with Gasteiger partial charge in [0.05, 0.1) is 5.56 Å². The van der Waals surface area contributed by atoms with E-state index in [1.165, 1.54) is 0 Å². The van der Waals surface area contributed by atoms with Gasteiger partial charge >= 0.3 is 24.8 Å². The molecule has 1 N–H and O–H groups in total. The van der Waals surface area contributed by atoms with Crippen molar-refractivity contribution in [3.05, 3.63) is 34.4 Å². The quantitative estimate of drug-likeness (QED) is 0.813. The molecule has 0 saturated carbocycles. The lowest BCUT2D eigenvalue weighted by atomic mass is 9.95. The molecule has 1 aromatic rings. The lowest BCUT2D eigenvalue weighted by Gasteiger charge is -2.26. The van der Waals surface area contributed by atoms with Crippen molar-refractivity contribution in [2.24, 2.45) is 0 Å². The first-order valence-corrected chi connectivity index (χ1v) is 5.64. The van der Waals surface area contributed by atoms with Crippen LogP contribution in [0.4, 0.5) is 35.1 Å². The van der Waals surface area contributed by atoms with Crippen LogP contribution in [-0.2, 0) is 16.8 Å². The molecule has 0 aliphatic heterocycles. The topological polar surface area (TPSA) is 29.5 Å². The van der Waals surface area contributed by atoms with Crippen LogP contribution in [0, 0.1) is 13.8 Å². The summed E-state index contributed by atoms with van der Waals surface area (Å²) in [6.45, 7) is -2.22. The van der Waals surface area contributed by atoms with Crippen LogP contribution >= 0.6 is 0 Å². The van der Waals surface area contributed by atoms with Crippen LogP contribution in [0.15, 0.2) is 12.1 Å². The van der Waals surface area contributed by atoms with Crippen molar-refractivity contribution >= 4 is 0 Å². The van der Waals surface area contributed by atoms with Crippen molar-refractivity contribution in [3.8, 4) is 0 Å². The van der Waals surface area contributed by atoms with E-state index in [1.54, 1.807) is 0 Å². The average Bonchev–Trinajstić information content (AvgIpc) is 2.28. The molecule has 2 nitrogen and oxygen atoms in total. The highest BCUT2D eigenvalue weighted by atomic mass is 19.3. The molecule has 1 aromatic carbocycles. The molecule has 0 aliphatic carbocycles. The molecule has 0 fully saturated rings. The fourth-order valence-corrected chi connectivity index (χ4v) is 1.81. The minimum absolute atomic E-state index is 0.261. The van der Waals surface area contributed by atoms with E-state index in [-0.39, 0.29) is 6.07 Å². The number of aryl methyl sites for hydroxylation is 2. The summed E-state index contributed by atoms with van der Waals surface area (Å²) in [4.78, 5) is 0. The van der Waals surface area contributed by atoms with E-state index in [4.69, 9.17) is 5.11 Å². The van der Waals surface area contributed by atoms with E-state index in [9.17, 15) is 35.1 Å². The maximum Gasteiger partial charge on any atom is 0.421 e. The molecule has 0 aromatic heterocycles. The molecule has 22 heavy (non-hydrogen) atoms. The van der Waals surface area contributed by atoms with Gasteiger partial charge < -0.3 is 5.11 Å². The van der Waals surface area contributed by atoms with Crippen LogP contribution in [0.2, 0.25) is 0 Å². The lowest BCUT2D eigenvalue weighted by Crippen LogP contribution is -2.38. The Morgan fingerprint density at radius 1 is 0.909 bits per heavy atom. The lowest BCUT2D eigenvalue weighted by molar-refractivity contribution is -0.332. The highest BCUT2D eigenvalue weighted by Crippen LogP contribution is 2.44. The molecule has 0 saturated heterocycles. The zero-order valence-electron chi connectivity index (χ0n) is 11.1. The molecular weight excluding hydrogens is 328 g/mol. The third-order valence-electron chi connectivity index (χ3n) is 2.84. The SMILES string of the molecule is Cc1cc(C(F)(F)C(O)(F)F)c(C)cc1C(F)(F)OC(F)F. The summed E-state index contributed by atoms with van der Waals surface area (Å²) in [5.41, 5.74) is -4.02. The second kappa shape index (κ2) is 5.65. The zero-order valence-corrected chi connectivity index (χ0v) is 11.1. The van der Waals surface area contributed by atoms with E-state index in [1.807, 2.05) is 0 Å². The fourth-order valence-electron chi connectivity index (χ4n) is 1.81. The van der Waals surface area contributed by atoms with Crippen LogP contribution in [0.5, 0.6) is 0 Å². The first kappa shape index (κ1) is 18.6. The Kier molecular flexibility index (Phi) is 4.79. The van der Waals surface area contributed by atoms with Crippen LogP contribution in [-0.4, -0.2) is 17.8 Å². The molecule has 0 spiro atoms. The highest BCUT2D eigenvalue weighted by molar-refractivity contribution is 5.41. The predicted molar refractivity (Wildman–Crippen MR) is 58.0 cm³/mol. The van der Waals surface area contributed by atoms with Gasteiger partial charge in [0.25, 0.3) is 0 Å². The summed E-state index contributed by atoms with van der Waals surface area (Å²) in [6, 6.07) is 0.588. The van der Waals surface area contributed by atoms with E-state index < -0.39 is 47.0 Å². The van der Waals surface area contributed by atoms with Crippen molar-refractivity contribution in [2.45, 2.75) is 38.6 Å². The number of alkyl halides is 8. The van der Waals surface area contributed by atoms with Crippen molar-refractivity contribution in [2.75, 3.05) is 0 Å². The second-order valence-corrected chi connectivity index (χ2v) is 4.49. The van der Waals surface area contributed by atoms with Gasteiger partial charge in [0.15, 0.2) is 0 Å². The number of aliphatic hydroxyl groups is 1. The van der Waals surface area contributed by atoms with E-state index in [0.29, 0.717) is 6.07 Å². The Labute approximate surface area is 119 Å². The van der Waals surface area contributed by atoms with Gasteiger partial charge in [-0.25, -0.2) is 0 Å². The summed E-state index contributed by atoms with van der Waals surface area (Å²) in [6.07, 6.45) is -9.92. The minimum Gasteiger partial charge on any atom is -0.331 e. The smallest absolute Gasteiger partial charge is 0.331 e. The van der Waals surface area contributed by atoms with Gasteiger partial charge in [-0.3, -0.25) is 4.74 Å². The molecule has 0 unspecified atom stereocenters. The normalized spacial score (nSPS) is 13.8. The number of ether oxygens (including phenoxy) is 1. The highest BCUT2D eigenvalue weighted by Gasteiger charge is 2.57. The van der Waals surface area contributed by atoms with Gasteiger partial charge in [0.1, 0.15) is 0 Å².